The molecule has 122 valence electrons. The van der Waals surface area contributed by atoms with Crippen molar-refractivity contribution in [2.24, 2.45) is 0 Å². The highest BCUT2D eigenvalue weighted by Crippen LogP contribution is 2.31. The highest BCUT2D eigenvalue weighted by atomic mass is 16.5. The number of fused-ring (bicyclic) bond motifs is 1. The first-order chi connectivity index (χ1) is 12.3. The summed E-state index contributed by atoms with van der Waals surface area (Å²) in [5, 5.41) is 0.519. The molecule has 4 rings (SSSR count). The fraction of sp³-hybridized carbons (Fsp3) is 0.0455. The lowest BCUT2D eigenvalue weighted by molar-refractivity contribution is 0.298. The van der Waals surface area contributed by atoms with E-state index >= 15 is 0 Å². The van der Waals surface area contributed by atoms with E-state index in [1.165, 1.54) is 0 Å². The number of hydrogen-bond donors (Lipinski definition) is 0. The number of ether oxygens (including phenoxy) is 1. The summed E-state index contributed by atoms with van der Waals surface area (Å²) < 4.78 is 11.9. The van der Waals surface area contributed by atoms with E-state index in [4.69, 9.17) is 9.15 Å². The van der Waals surface area contributed by atoms with Crippen LogP contribution in [0.15, 0.2) is 94.1 Å². The van der Waals surface area contributed by atoms with Gasteiger partial charge in [-0.05, 0) is 17.7 Å². The molecule has 0 N–H and O–H groups in total. The molecule has 0 unspecified atom stereocenters. The molecule has 4 aromatic rings. The van der Waals surface area contributed by atoms with Crippen LogP contribution in [0.3, 0.4) is 0 Å². The minimum atomic E-state index is -0.156. The molecule has 0 saturated heterocycles. The van der Waals surface area contributed by atoms with Gasteiger partial charge in [-0.25, -0.2) is 0 Å². The molecule has 3 aromatic carbocycles. The average molecular weight is 328 g/mol. The van der Waals surface area contributed by atoms with E-state index in [9.17, 15) is 4.79 Å². The lowest BCUT2D eigenvalue weighted by Gasteiger charge is -2.11. The molecule has 0 aliphatic heterocycles. The minimum Gasteiger partial charge on any atom is -0.481 e. The molecule has 25 heavy (non-hydrogen) atoms. The molecule has 0 spiro atoms. The Morgan fingerprint density at radius 3 is 2.16 bits per heavy atom. The van der Waals surface area contributed by atoms with Crippen LogP contribution in [-0.2, 0) is 6.61 Å². The van der Waals surface area contributed by atoms with Crippen LogP contribution < -0.4 is 10.2 Å². The molecule has 0 saturated carbocycles. The van der Waals surface area contributed by atoms with Gasteiger partial charge < -0.3 is 9.15 Å². The number of benzene rings is 3. The summed E-state index contributed by atoms with van der Waals surface area (Å²) in [6.07, 6.45) is 0. The first kappa shape index (κ1) is 15.2. The van der Waals surface area contributed by atoms with Crippen molar-refractivity contribution in [3.63, 3.8) is 0 Å². The van der Waals surface area contributed by atoms with Crippen LogP contribution in [0.4, 0.5) is 0 Å². The Hall–Kier alpha value is -3.33. The van der Waals surface area contributed by atoms with Gasteiger partial charge in [-0.15, -0.1) is 0 Å². The lowest BCUT2D eigenvalue weighted by Crippen LogP contribution is -2.10. The van der Waals surface area contributed by atoms with E-state index in [1.807, 2.05) is 72.8 Å². The molecule has 1 aromatic heterocycles. The second kappa shape index (κ2) is 6.65. The Balaban J connectivity index is 1.85. The molecule has 3 heteroatoms. The van der Waals surface area contributed by atoms with Crippen molar-refractivity contribution < 1.29 is 9.15 Å². The number of para-hydroxylation sites is 1. The maximum atomic E-state index is 13.0. The zero-order valence-corrected chi connectivity index (χ0v) is 13.5. The summed E-state index contributed by atoms with van der Waals surface area (Å²) in [4.78, 5) is 13.0. The van der Waals surface area contributed by atoms with Crippen molar-refractivity contribution in [3.8, 4) is 17.1 Å². The first-order valence-electron chi connectivity index (χ1n) is 8.11. The van der Waals surface area contributed by atoms with Gasteiger partial charge in [0.1, 0.15) is 12.2 Å². The third kappa shape index (κ3) is 3.04. The van der Waals surface area contributed by atoms with E-state index in [0.717, 1.165) is 11.1 Å². The van der Waals surface area contributed by atoms with Gasteiger partial charge in [0.2, 0.25) is 11.2 Å². The standard InChI is InChI=1S/C22H16O3/c23-20-18-13-7-8-14-19(18)25-21(17-11-5-2-6-12-17)22(20)24-15-16-9-3-1-4-10-16/h1-14H,15H2. The molecule has 1 heterocycles. The Labute approximate surface area is 145 Å². The van der Waals surface area contributed by atoms with Gasteiger partial charge in [0, 0.05) is 5.56 Å². The fourth-order valence-corrected chi connectivity index (χ4v) is 2.77. The molecule has 3 nitrogen and oxygen atoms in total. The third-order valence-corrected chi connectivity index (χ3v) is 4.02. The summed E-state index contributed by atoms with van der Waals surface area (Å²) in [5.74, 6) is 0.703. The van der Waals surface area contributed by atoms with E-state index in [-0.39, 0.29) is 11.2 Å². The summed E-state index contributed by atoms with van der Waals surface area (Å²) >= 11 is 0. The van der Waals surface area contributed by atoms with Crippen molar-refractivity contribution in [2.45, 2.75) is 6.61 Å². The van der Waals surface area contributed by atoms with Gasteiger partial charge in [0.05, 0.1) is 5.39 Å². The van der Waals surface area contributed by atoms with Gasteiger partial charge in [0.15, 0.2) is 5.76 Å². The molecule has 0 amide bonds. The van der Waals surface area contributed by atoms with Gasteiger partial charge in [-0.3, -0.25) is 4.79 Å². The predicted octanol–water partition coefficient (Wildman–Crippen LogP) is 5.04. The summed E-state index contributed by atoms with van der Waals surface area (Å²) in [6.45, 7) is 0.309. The molecular weight excluding hydrogens is 312 g/mol. The molecular formula is C22H16O3. The van der Waals surface area contributed by atoms with Crippen molar-refractivity contribution in [3.05, 3.63) is 101 Å². The van der Waals surface area contributed by atoms with Crippen molar-refractivity contribution in [1.29, 1.82) is 0 Å². The Bertz CT molecular complexity index is 1050. The van der Waals surface area contributed by atoms with Gasteiger partial charge in [0.25, 0.3) is 0 Å². The largest absolute Gasteiger partial charge is 0.481 e. The second-order valence-electron chi connectivity index (χ2n) is 5.73. The highest BCUT2D eigenvalue weighted by molar-refractivity contribution is 5.81. The lowest BCUT2D eigenvalue weighted by atomic mass is 10.1. The Morgan fingerprint density at radius 2 is 1.40 bits per heavy atom. The first-order valence-corrected chi connectivity index (χ1v) is 8.11. The Kier molecular flexibility index (Phi) is 4.05. The van der Waals surface area contributed by atoms with Gasteiger partial charge >= 0.3 is 0 Å². The van der Waals surface area contributed by atoms with E-state index in [1.54, 1.807) is 12.1 Å². The van der Waals surface area contributed by atoms with Crippen LogP contribution in [0.1, 0.15) is 5.56 Å². The maximum absolute atomic E-state index is 13.0. The van der Waals surface area contributed by atoms with Gasteiger partial charge in [-0.2, -0.15) is 0 Å². The summed E-state index contributed by atoms with van der Waals surface area (Å²) in [6, 6.07) is 26.5. The highest BCUT2D eigenvalue weighted by Gasteiger charge is 2.17. The molecule has 0 radical (unpaired) electrons. The van der Waals surface area contributed by atoms with Crippen LogP contribution in [0.5, 0.6) is 5.75 Å². The zero-order valence-electron chi connectivity index (χ0n) is 13.5. The number of hydrogen-bond acceptors (Lipinski definition) is 3. The minimum absolute atomic E-state index is 0.156. The fourth-order valence-electron chi connectivity index (χ4n) is 2.77. The van der Waals surface area contributed by atoms with E-state index in [0.29, 0.717) is 23.3 Å². The van der Waals surface area contributed by atoms with Crippen LogP contribution in [0.25, 0.3) is 22.3 Å². The van der Waals surface area contributed by atoms with Crippen LogP contribution in [0.2, 0.25) is 0 Å². The van der Waals surface area contributed by atoms with E-state index < -0.39 is 0 Å². The molecule has 0 fully saturated rings. The van der Waals surface area contributed by atoms with Crippen LogP contribution in [-0.4, -0.2) is 0 Å². The molecule has 0 aliphatic carbocycles. The number of rotatable bonds is 4. The maximum Gasteiger partial charge on any atom is 0.235 e. The second-order valence-corrected chi connectivity index (χ2v) is 5.73. The van der Waals surface area contributed by atoms with Crippen LogP contribution >= 0.6 is 0 Å². The Morgan fingerprint density at radius 1 is 0.760 bits per heavy atom. The SMILES string of the molecule is O=c1c(OCc2ccccc2)c(-c2ccccc2)oc2ccccc12. The molecule has 0 aliphatic rings. The van der Waals surface area contributed by atoms with E-state index in [2.05, 4.69) is 0 Å². The molecule has 0 bridgehead atoms. The van der Waals surface area contributed by atoms with Gasteiger partial charge in [-0.1, -0.05) is 72.8 Å². The third-order valence-electron chi connectivity index (χ3n) is 4.02. The average Bonchev–Trinajstić information content (AvgIpc) is 2.69. The van der Waals surface area contributed by atoms with Crippen molar-refractivity contribution in [1.82, 2.24) is 0 Å². The quantitative estimate of drug-likeness (QED) is 0.527. The summed E-state index contributed by atoms with van der Waals surface area (Å²) in [7, 11) is 0. The topological polar surface area (TPSA) is 39.4 Å². The normalized spacial score (nSPS) is 10.7. The zero-order chi connectivity index (χ0) is 17.1. The van der Waals surface area contributed by atoms with Crippen molar-refractivity contribution in [2.75, 3.05) is 0 Å². The predicted molar refractivity (Wildman–Crippen MR) is 98.7 cm³/mol. The monoisotopic (exact) mass is 328 g/mol. The molecule has 0 atom stereocenters. The smallest absolute Gasteiger partial charge is 0.235 e. The van der Waals surface area contributed by atoms with Crippen molar-refractivity contribution >= 4 is 11.0 Å². The summed E-state index contributed by atoms with van der Waals surface area (Å²) in [5.41, 5.74) is 2.21. The van der Waals surface area contributed by atoms with Crippen LogP contribution in [0, 0.1) is 0 Å².